The van der Waals surface area contributed by atoms with Crippen LogP contribution in [0.5, 0.6) is 0 Å². The molecule has 2 unspecified atom stereocenters. The van der Waals surface area contributed by atoms with Gasteiger partial charge in [0.2, 0.25) is 0 Å². The quantitative estimate of drug-likeness (QED) is 0.918. The van der Waals surface area contributed by atoms with Crippen molar-refractivity contribution in [3.63, 3.8) is 0 Å². The molecule has 1 heterocycles. The van der Waals surface area contributed by atoms with E-state index in [0.29, 0.717) is 24.9 Å². The van der Waals surface area contributed by atoms with Crippen LogP contribution in [0.15, 0.2) is 18.2 Å². The third kappa shape index (κ3) is 2.57. The number of nitrogens with zero attached hydrogens (tertiary/aromatic N) is 1. The van der Waals surface area contributed by atoms with Crippen LogP contribution < -0.4 is 0 Å². The zero-order valence-electron chi connectivity index (χ0n) is 12.3. The Labute approximate surface area is 119 Å². The maximum atomic E-state index is 13.7. The van der Waals surface area contributed by atoms with Crippen molar-refractivity contribution in [2.75, 3.05) is 13.1 Å². The molecule has 1 aliphatic rings. The van der Waals surface area contributed by atoms with E-state index in [1.807, 2.05) is 19.9 Å². The average Bonchev–Trinajstić information content (AvgIpc) is 2.87. The Morgan fingerprint density at radius 2 is 2.25 bits per heavy atom. The minimum Gasteiger partial charge on any atom is -0.481 e. The molecule has 4 heteroatoms. The van der Waals surface area contributed by atoms with Gasteiger partial charge in [0.1, 0.15) is 5.82 Å². The monoisotopic (exact) mass is 279 g/mol. The number of rotatable bonds is 4. The Bertz CT molecular complexity index is 517. The Morgan fingerprint density at radius 1 is 1.55 bits per heavy atom. The molecule has 1 aromatic carbocycles. The summed E-state index contributed by atoms with van der Waals surface area (Å²) >= 11 is 0. The lowest BCUT2D eigenvalue weighted by atomic mass is 9.84. The molecule has 0 radical (unpaired) electrons. The molecule has 1 aromatic rings. The molecule has 0 aliphatic carbocycles. The summed E-state index contributed by atoms with van der Waals surface area (Å²) in [6, 6.07) is 5.31. The van der Waals surface area contributed by atoms with Crippen molar-refractivity contribution in [1.82, 2.24) is 4.90 Å². The van der Waals surface area contributed by atoms with Gasteiger partial charge in [0.05, 0.1) is 5.41 Å². The number of hydrogen-bond acceptors (Lipinski definition) is 2. The molecule has 2 rings (SSSR count). The number of carboxylic acids is 1. The highest BCUT2D eigenvalue weighted by Crippen LogP contribution is 2.38. The van der Waals surface area contributed by atoms with Gasteiger partial charge in [-0.1, -0.05) is 19.1 Å². The van der Waals surface area contributed by atoms with Crippen LogP contribution in [0.1, 0.15) is 43.9 Å². The van der Waals surface area contributed by atoms with Crippen LogP contribution in [0.2, 0.25) is 0 Å². The molecule has 1 saturated heterocycles. The van der Waals surface area contributed by atoms with Gasteiger partial charge < -0.3 is 5.11 Å². The first kappa shape index (κ1) is 15.0. The highest BCUT2D eigenvalue weighted by atomic mass is 19.1. The van der Waals surface area contributed by atoms with Crippen LogP contribution in [-0.2, 0) is 4.79 Å². The van der Waals surface area contributed by atoms with Crippen molar-refractivity contribution >= 4 is 5.97 Å². The fourth-order valence-electron chi connectivity index (χ4n) is 2.93. The topological polar surface area (TPSA) is 40.5 Å². The van der Waals surface area contributed by atoms with Crippen molar-refractivity contribution < 1.29 is 14.3 Å². The number of hydrogen-bond donors (Lipinski definition) is 1. The SMILES string of the molecule is CCC1(C(=O)O)CCN(C(C)c2ccc(C)c(F)c2)C1. The Hall–Kier alpha value is -1.42. The summed E-state index contributed by atoms with van der Waals surface area (Å²) in [7, 11) is 0. The van der Waals surface area contributed by atoms with Crippen molar-refractivity contribution in [3.05, 3.63) is 35.1 Å². The summed E-state index contributed by atoms with van der Waals surface area (Å²) in [5, 5.41) is 9.43. The van der Waals surface area contributed by atoms with Crippen LogP contribution in [-0.4, -0.2) is 29.1 Å². The van der Waals surface area contributed by atoms with Crippen LogP contribution in [0.25, 0.3) is 0 Å². The first-order valence-electron chi connectivity index (χ1n) is 7.13. The summed E-state index contributed by atoms with van der Waals surface area (Å²) in [6.07, 6.45) is 1.30. The Kier molecular flexibility index (Phi) is 4.14. The van der Waals surface area contributed by atoms with E-state index in [-0.39, 0.29) is 11.9 Å². The zero-order valence-corrected chi connectivity index (χ0v) is 12.3. The molecule has 0 spiro atoms. The highest BCUT2D eigenvalue weighted by molar-refractivity contribution is 5.75. The van der Waals surface area contributed by atoms with Crippen molar-refractivity contribution in [2.45, 2.75) is 39.7 Å². The second kappa shape index (κ2) is 5.52. The third-order valence-electron chi connectivity index (χ3n) is 4.74. The lowest BCUT2D eigenvalue weighted by Crippen LogP contribution is -2.35. The Balaban J connectivity index is 2.17. The molecule has 1 aliphatic heterocycles. The second-order valence-corrected chi connectivity index (χ2v) is 5.84. The number of aryl methyl sites for hydroxylation is 1. The van der Waals surface area contributed by atoms with E-state index in [1.165, 1.54) is 0 Å². The van der Waals surface area contributed by atoms with E-state index >= 15 is 0 Å². The summed E-state index contributed by atoms with van der Waals surface area (Å²) in [5.74, 6) is -0.918. The van der Waals surface area contributed by atoms with Crippen molar-refractivity contribution in [3.8, 4) is 0 Å². The van der Waals surface area contributed by atoms with Gasteiger partial charge in [-0.15, -0.1) is 0 Å². The van der Waals surface area contributed by atoms with Gasteiger partial charge in [0.15, 0.2) is 0 Å². The largest absolute Gasteiger partial charge is 0.481 e. The van der Waals surface area contributed by atoms with Gasteiger partial charge in [-0.3, -0.25) is 9.69 Å². The lowest BCUT2D eigenvalue weighted by molar-refractivity contribution is -0.148. The predicted molar refractivity (Wildman–Crippen MR) is 76.1 cm³/mol. The van der Waals surface area contributed by atoms with E-state index in [0.717, 1.165) is 12.1 Å². The van der Waals surface area contributed by atoms with Gasteiger partial charge in [-0.2, -0.15) is 0 Å². The van der Waals surface area contributed by atoms with Gasteiger partial charge in [0.25, 0.3) is 0 Å². The van der Waals surface area contributed by atoms with Crippen LogP contribution in [0.3, 0.4) is 0 Å². The maximum absolute atomic E-state index is 13.7. The number of aliphatic carboxylic acids is 1. The second-order valence-electron chi connectivity index (χ2n) is 5.84. The van der Waals surface area contributed by atoms with Gasteiger partial charge in [-0.05, 0) is 50.4 Å². The molecule has 0 amide bonds. The third-order valence-corrected chi connectivity index (χ3v) is 4.74. The first-order valence-corrected chi connectivity index (χ1v) is 7.13. The van der Waals surface area contributed by atoms with E-state index in [9.17, 15) is 14.3 Å². The smallest absolute Gasteiger partial charge is 0.310 e. The Morgan fingerprint density at radius 3 is 2.75 bits per heavy atom. The molecule has 0 bridgehead atoms. The van der Waals surface area contributed by atoms with Crippen molar-refractivity contribution in [2.24, 2.45) is 5.41 Å². The van der Waals surface area contributed by atoms with Crippen LogP contribution in [0, 0.1) is 18.2 Å². The minimum atomic E-state index is -0.718. The predicted octanol–water partition coefficient (Wildman–Crippen LogP) is 3.38. The molecule has 110 valence electrons. The van der Waals surface area contributed by atoms with E-state index in [1.54, 1.807) is 19.1 Å². The van der Waals surface area contributed by atoms with Crippen LogP contribution >= 0.6 is 0 Å². The number of halogens is 1. The minimum absolute atomic E-state index is 0.0397. The molecular formula is C16H22FNO2. The molecule has 3 nitrogen and oxygen atoms in total. The summed E-state index contributed by atoms with van der Waals surface area (Å²) in [4.78, 5) is 13.6. The van der Waals surface area contributed by atoms with Gasteiger partial charge in [-0.25, -0.2) is 4.39 Å². The highest BCUT2D eigenvalue weighted by Gasteiger charge is 2.44. The molecule has 1 fully saturated rings. The molecule has 1 N–H and O–H groups in total. The molecule has 0 saturated carbocycles. The number of likely N-dealkylation sites (tertiary alicyclic amines) is 1. The summed E-state index contributed by atoms with van der Waals surface area (Å²) in [6.45, 7) is 6.96. The first-order chi connectivity index (χ1) is 9.39. The maximum Gasteiger partial charge on any atom is 0.310 e. The zero-order chi connectivity index (χ0) is 14.9. The van der Waals surface area contributed by atoms with E-state index in [2.05, 4.69) is 4.90 Å². The lowest BCUT2D eigenvalue weighted by Gasteiger charge is -2.27. The van der Waals surface area contributed by atoms with E-state index < -0.39 is 11.4 Å². The molecule has 0 aromatic heterocycles. The average molecular weight is 279 g/mol. The number of carbonyl (C=O) groups is 1. The summed E-state index contributed by atoms with van der Waals surface area (Å²) in [5.41, 5.74) is 0.901. The normalized spacial score (nSPS) is 24.8. The van der Waals surface area contributed by atoms with Crippen LogP contribution in [0.4, 0.5) is 4.39 Å². The number of benzene rings is 1. The standard InChI is InChI=1S/C16H22FNO2/c1-4-16(15(19)20)7-8-18(10-16)12(3)13-6-5-11(2)14(17)9-13/h5-6,9,12H,4,7-8,10H2,1-3H3,(H,19,20). The van der Waals surface area contributed by atoms with E-state index in [4.69, 9.17) is 0 Å². The molecular weight excluding hydrogens is 257 g/mol. The number of carboxylic acid groups (broad SMARTS) is 1. The summed E-state index contributed by atoms with van der Waals surface area (Å²) < 4.78 is 13.7. The fourth-order valence-corrected chi connectivity index (χ4v) is 2.93. The van der Waals surface area contributed by atoms with Gasteiger partial charge in [0, 0.05) is 12.6 Å². The van der Waals surface area contributed by atoms with Crippen molar-refractivity contribution in [1.29, 1.82) is 0 Å². The fraction of sp³-hybridized carbons (Fsp3) is 0.562. The molecule has 2 atom stereocenters. The van der Waals surface area contributed by atoms with Gasteiger partial charge >= 0.3 is 5.97 Å². The molecule has 20 heavy (non-hydrogen) atoms.